The van der Waals surface area contributed by atoms with Crippen molar-refractivity contribution in [3.63, 3.8) is 0 Å². The Morgan fingerprint density at radius 2 is 1.53 bits per heavy atom. The molecule has 0 spiro atoms. The second kappa shape index (κ2) is 9.82. The second-order valence-corrected chi connectivity index (χ2v) is 6.63. The quantitative estimate of drug-likeness (QED) is 0.281. The maximum absolute atomic E-state index is 12.3. The van der Waals surface area contributed by atoms with Gasteiger partial charge in [0.1, 0.15) is 24.2 Å². The minimum Gasteiger partial charge on any atom is -0.493 e. The van der Waals surface area contributed by atoms with Gasteiger partial charge < -0.3 is 23.7 Å². The van der Waals surface area contributed by atoms with Crippen LogP contribution in [0.4, 0.5) is 0 Å². The summed E-state index contributed by atoms with van der Waals surface area (Å²) in [4.78, 5) is 25.0. The Hall–Kier alpha value is -4.08. The average molecular weight is 441 g/mol. The fraction of sp³-hybridized carbons (Fsp3) is 0.273. The predicted octanol–water partition coefficient (Wildman–Crippen LogP) is 2.72. The van der Waals surface area contributed by atoms with Gasteiger partial charge in [0.15, 0.2) is 11.5 Å². The van der Waals surface area contributed by atoms with Crippen LogP contribution >= 0.6 is 0 Å². The van der Waals surface area contributed by atoms with E-state index in [0.717, 1.165) is 0 Å². The van der Waals surface area contributed by atoms with E-state index in [1.165, 1.54) is 33.0 Å². The first-order valence-corrected chi connectivity index (χ1v) is 9.55. The molecule has 10 nitrogen and oxygen atoms in total. The molecule has 32 heavy (non-hydrogen) atoms. The topological polar surface area (TPSA) is 111 Å². The van der Waals surface area contributed by atoms with Gasteiger partial charge in [-0.25, -0.2) is 9.59 Å². The number of carbonyl (C=O) groups excluding carboxylic acids is 2. The zero-order valence-electron chi connectivity index (χ0n) is 18.2. The third-order valence-corrected chi connectivity index (χ3v) is 4.39. The summed E-state index contributed by atoms with van der Waals surface area (Å²) < 4.78 is 26.1. The summed E-state index contributed by atoms with van der Waals surface area (Å²) in [5, 5.41) is 8.87. The molecule has 0 saturated heterocycles. The molecule has 0 aliphatic rings. The lowest BCUT2D eigenvalue weighted by Gasteiger charge is -2.13. The highest BCUT2D eigenvalue weighted by molar-refractivity contribution is 5.93. The number of nitrogens with zero attached hydrogens (tertiary/aromatic N) is 3. The van der Waals surface area contributed by atoms with E-state index in [9.17, 15) is 9.59 Å². The first-order valence-electron chi connectivity index (χ1n) is 9.55. The van der Waals surface area contributed by atoms with E-state index in [4.69, 9.17) is 23.7 Å². The van der Waals surface area contributed by atoms with Crippen molar-refractivity contribution in [2.24, 2.45) is 0 Å². The van der Waals surface area contributed by atoms with E-state index < -0.39 is 11.9 Å². The Balaban J connectivity index is 1.78. The van der Waals surface area contributed by atoms with Gasteiger partial charge >= 0.3 is 11.9 Å². The minimum atomic E-state index is -0.569. The Morgan fingerprint density at radius 3 is 2.12 bits per heavy atom. The molecule has 0 aliphatic heterocycles. The fourth-order valence-electron chi connectivity index (χ4n) is 2.81. The van der Waals surface area contributed by atoms with Crippen LogP contribution < -0.4 is 14.2 Å². The summed E-state index contributed by atoms with van der Waals surface area (Å²) in [7, 11) is 4.56. The number of esters is 2. The molecule has 0 fully saturated rings. The Labute approximate surface area is 184 Å². The minimum absolute atomic E-state index is 0.0585. The summed E-state index contributed by atoms with van der Waals surface area (Å²) in [5.41, 5.74) is 2.21. The zero-order valence-corrected chi connectivity index (χ0v) is 18.2. The summed E-state index contributed by atoms with van der Waals surface area (Å²) in [6, 6.07) is 8.23. The monoisotopic (exact) mass is 441 g/mol. The van der Waals surface area contributed by atoms with Gasteiger partial charge in [-0.1, -0.05) is 6.58 Å². The molecule has 0 atom stereocenters. The number of methoxy groups -OCH3 is 3. The van der Waals surface area contributed by atoms with Crippen molar-refractivity contribution in [1.29, 1.82) is 0 Å². The van der Waals surface area contributed by atoms with E-state index in [2.05, 4.69) is 16.8 Å². The van der Waals surface area contributed by atoms with Crippen molar-refractivity contribution in [3.8, 4) is 22.9 Å². The first-order chi connectivity index (χ1) is 15.4. The molecule has 1 heterocycles. The molecule has 0 N–H and O–H groups in total. The lowest BCUT2D eigenvalue weighted by molar-refractivity contribution is -0.140. The highest BCUT2D eigenvalue weighted by Crippen LogP contribution is 2.39. The van der Waals surface area contributed by atoms with Crippen molar-refractivity contribution in [2.45, 2.75) is 6.92 Å². The third kappa shape index (κ3) is 4.80. The van der Waals surface area contributed by atoms with Crippen molar-refractivity contribution in [3.05, 3.63) is 48.0 Å². The number of fused-ring (bicyclic) bond motifs is 1. The highest BCUT2D eigenvalue weighted by Gasteiger charge is 2.17. The lowest BCUT2D eigenvalue weighted by Crippen LogP contribution is -2.14. The molecule has 0 radical (unpaired) electrons. The number of hydrogen-bond acceptors (Lipinski definition) is 9. The Bertz CT molecular complexity index is 1140. The van der Waals surface area contributed by atoms with E-state index in [1.54, 1.807) is 30.3 Å². The highest BCUT2D eigenvalue weighted by atomic mass is 16.6. The SMILES string of the molecule is C=C(C)C(=O)OCCOC(=O)c1ccc2nn(-c3cc(OC)c(OC)c(OC)c3)nc2c1. The smallest absolute Gasteiger partial charge is 0.338 e. The molecule has 1 aromatic heterocycles. The predicted molar refractivity (Wildman–Crippen MR) is 115 cm³/mol. The largest absolute Gasteiger partial charge is 0.493 e. The molecule has 10 heteroatoms. The Kier molecular flexibility index (Phi) is 6.93. The van der Waals surface area contributed by atoms with Crippen LogP contribution in [0.5, 0.6) is 17.2 Å². The molecule has 2 aromatic carbocycles. The number of ether oxygens (including phenoxy) is 5. The van der Waals surface area contributed by atoms with Crippen LogP contribution in [0, 0.1) is 0 Å². The molecule has 168 valence electrons. The van der Waals surface area contributed by atoms with Gasteiger partial charge in [0.05, 0.1) is 32.6 Å². The maximum atomic E-state index is 12.3. The van der Waals surface area contributed by atoms with Gasteiger partial charge in [0, 0.05) is 17.7 Å². The molecular weight excluding hydrogens is 418 g/mol. The Morgan fingerprint density at radius 1 is 0.906 bits per heavy atom. The van der Waals surface area contributed by atoms with Gasteiger partial charge in [0.2, 0.25) is 5.75 Å². The molecular formula is C22H23N3O7. The fourth-order valence-corrected chi connectivity index (χ4v) is 2.81. The standard InChI is InChI=1S/C22H23N3O7/c1-13(2)21(26)31-8-9-32-22(27)14-6-7-16-17(10-14)24-25(23-16)15-11-18(28-3)20(30-5)19(12-15)29-4/h6-7,10-12H,1,8-9H2,2-5H3. The van der Waals surface area contributed by atoms with Crippen LogP contribution in [0.15, 0.2) is 42.5 Å². The van der Waals surface area contributed by atoms with Crippen molar-refractivity contribution < 1.29 is 33.3 Å². The summed E-state index contributed by atoms with van der Waals surface area (Å²) in [6.07, 6.45) is 0. The van der Waals surface area contributed by atoms with Crippen LogP contribution in [0.1, 0.15) is 17.3 Å². The van der Waals surface area contributed by atoms with E-state index >= 15 is 0 Å². The van der Waals surface area contributed by atoms with Crippen LogP contribution in [-0.2, 0) is 14.3 Å². The van der Waals surface area contributed by atoms with Gasteiger partial charge in [-0.15, -0.1) is 10.2 Å². The maximum Gasteiger partial charge on any atom is 0.338 e. The molecule has 3 aromatic rings. The molecule has 0 aliphatic carbocycles. The van der Waals surface area contributed by atoms with Gasteiger partial charge in [-0.05, 0) is 25.1 Å². The number of hydrogen-bond donors (Lipinski definition) is 0. The first kappa shape index (κ1) is 22.6. The molecule has 0 amide bonds. The molecule has 0 bridgehead atoms. The summed E-state index contributed by atoms with van der Waals surface area (Å²) >= 11 is 0. The third-order valence-electron chi connectivity index (χ3n) is 4.39. The van der Waals surface area contributed by atoms with E-state index in [1.807, 2.05) is 0 Å². The molecule has 0 unspecified atom stereocenters. The number of benzene rings is 2. The van der Waals surface area contributed by atoms with E-state index in [0.29, 0.717) is 39.5 Å². The number of aromatic nitrogens is 3. The van der Waals surface area contributed by atoms with Gasteiger partial charge in [-0.2, -0.15) is 4.80 Å². The van der Waals surface area contributed by atoms with Crippen LogP contribution in [0.25, 0.3) is 16.7 Å². The lowest BCUT2D eigenvalue weighted by atomic mass is 10.2. The van der Waals surface area contributed by atoms with Crippen molar-refractivity contribution >= 4 is 23.0 Å². The van der Waals surface area contributed by atoms with E-state index in [-0.39, 0.29) is 18.8 Å². The van der Waals surface area contributed by atoms with Crippen LogP contribution in [-0.4, -0.2) is 61.5 Å². The molecule has 0 saturated carbocycles. The summed E-state index contributed by atoms with van der Waals surface area (Å²) in [5.74, 6) is 0.264. The van der Waals surface area contributed by atoms with Gasteiger partial charge in [-0.3, -0.25) is 0 Å². The zero-order chi connectivity index (χ0) is 23.3. The number of rotatable bonds is 9. The normalized spacial score (nSPS) is 10.5. The van der Waals surface area contributed by atoms with Crippen LogP contribution in [0.2, 0.25) is 0 Å². The van der Waals surface area contributed by atoms with Crippen molar-refractivity contribution in [2.75, 3.05) is 34.5 Å². The van der Waals surface area contributed by atoms with Crippen LogP contribution in [0.3, 0.4) is 0 Å². The van der Waals surface area contributed by atoms with Gasteiger partial charge in [0.25, 0.3) is 0 Å². The average Bonchev–Trinajstić information content (AvgIpc) is 3.23. The molecule has 3 rings (SSSR count). The van der Waals surface area contributed by atoms with Crippen molar-refractivity contribution in [1.82, 2.24) is 15.0 Å². The number of carbonyl (C=O) groups is 2. The summed E-state index contributed by atoms with van der Waals surface area (Å²) in [6.45, 7) is 4.88. The second-order valence-electron chi connectivity index (χ2n) is 6.63.